The van der Waals surface area contributed by atoms with Gasteiger partial charge in [-0.25, -0.2) is 9.37 Å². The van der Waals surface area contributed by atoms with Crippen LogP contribution in [0.4, 0.5) is 10.2 Å². The van der Waals surface area contributed by atoms with Crippen LogP contribution in [0.15, 0.2) is 36.8 Å². The van der Waals surface area contributed by atoms with Crippen molar-refractivity contribution < 1.29 is 9.18 Å². The molecule has 1 fully saturated rings. The Kier molecular flexibility index (Phi) is 4.75. The van der Waals surface area contributed by atoms with E-state index < -0.39 is 0 Å². The number of rotatable bonds is 4. The van der Waals surface area contributed by atoms with Gasteiger partial charge in [-0.05, 0) is 43.5 Å². The number of hydrogen-bond acceptors (Lipinski definition) is 4. The van der Waals surface area contributed by atoms with E-state index in [-0.39, 0.29) is 24.2 Å². The zero-order chi connectivity index (χ0) is 18.8. The average Bonchev–Trinajstić information content (AvgIpc) is 2.97. The first kappa shape index (κ1) is 17.5. The molecule has 0 bridgehead atoms. The SMILES string of the molecule is Cc1[nH]c2ccc(F)cc2c1CC(=O)N[C@H]1CCCN(c2cnccn2)C1. The van der Waals surface area contributed by atoms with Crippen LogP contribution in [0.1, 0.15) is 24.1 Å². The second kappa shape index (κ2) is 7.34. The quantitative estimate of drug-likeness (QED) is 0.744. The molecule has 0 unspecified atom stereocenters. The van der Waals surface area contributed by atoms with Gasteiger partial charge < -0.3 is 15.2 Å². The molecule has 1 atom stereocenters. The molecule has 1 aromatic carbocycles. The minimum Gasteiger partial charge on any atom is -0.358 e. The first-order valence-corrected chi connectivity index (χ1v) is 9.17. The maximum Gasteiger partial charge on any atom is 0.224 e. The van der Waals surface area contributed by atoms with Gasteiger partial charge >= 0.3 is 0 Å². The van der Waals surface area contributed by atoms with Crippen molar-refractivity contribution in [2.45, 2.75) is 32.2 Å². The van der Waals surface area contributed by atoms with E-state index in [0.717, 1.165) is 47.4 Å². The molecule has 1 aliphatic rings. The summed E-state index contributed by atoms with van der Waals surface area (Å²) in [6.45, 7) is 3.54. The lowest BCUT2D eigenvalue weighted by atomic mass is 10.0. The second-order valence-corrected chi connectivity index (χ2v) is 7.01. The number of fused-ring (bicyclic) bond motifs is 1. The lowest BCUT2D eigenvalue weighted by molar-refractivity contribution is -0.121. The molecule has 1 saturated heterocycles. The third-order valence-electron chi connectivity index (χ3n) is 5.08. The minimum absolute atomic E-state index is 0.0470. The number of aryl methyl sites for hydroxylation is 1. The summed E-state index contributed by atoms with van der Waals surface area (Å²) >= 11 is 0. The molecule has 1 aliphatic heterocycles. The van der Waals surface area contributed by atoms with E-state index in [1.807, 2.05) is 6.92 Å². The smallest absolute Gasteiger partial charge is 0.224 e. The van der Waals surface area contributed by atoms with Crippen LogP contribution in [-0.4, -0.2) is 40.0 Å². The summed E-state index contributed by atoms with van der Waals surface area (Å²) < 4.78 is 13.6. The normalized spacial score (nSPS) is 17.3. The van der Waals surface area contributed by atoms with Crippen molar-refractivity contribution >= 4 is 22.6 Å². The molecule has 1 amide bonds. The van der Waals surface area contributed by atoms with Crippen LogP contribution in [0.25, 0.3) is 10.9 Å². The van der Waals surface area contributed by atoms with E-state index >= 15 is 0 Å². The van der Waals surface area contributed by atoms with E-state index in [2.05, 4.69) is 25.2 Å². The zero-order valence-electron chi connectivity index (χ0n) is 15.2. The average molecular weight is 367 g/mol. The maximum absolute atomic E-state index is 13.6. The van der Waals surface area contributed by atoms with E-state index in [1.54, 1.807) is 24.7 Å². The fourth-order valence-corrected chi connectivity index (χ4v) is 3.78. The second-order valence-electron chi connectivity index (χ2n) is 7.01. The summed E-state index contributed by atoms with van der Waals surface area (Å²) in [7, 11) is 0. The van der Waals surface area contributed by atoms with Crippen molar-refractivity contribution in [3.05, 3.63) is 53.9 Å². The molecule has 0 spiro atoms. The molecule has 2 aromatic heterocycles. The molecular weight excluding hydrogens is 345 g/mol. The number of piperidine rings is 1. The Bertz CT molecular complexity index is 956. The summed E-state index contributed by atoms with van der Waals surface area (Å²) in [5.74, 6) is 0.490. The number of carbonyl (C=O) groups excluding carboxylic acids is 1. The van der Waals surface area contributed by atoms with Crippen molar-refractivity contribution in [1.29, 1.82) is 0 Å². The van der Waals surface area contributed by atoms with E-state index in [1.165, 1.54) is 12.1 Å². The predicted molar refractivity (Wildman–Crippen MR) is 102 cm³/mol. The summed E-state index contributed by atoms with van der Waals surface area (Å²) in [6.07, 6.45) is 7.23. The van der Waals surface area contributed by atoms with Crippen LogP contribution in [0.3, 0.4) is 0 Å². The first-order chi connectivity index (χ1) is 13.1. The Morgan fingerprint density at radius 1 is 1.41 bits per heavy atom. The van der Waals surface area contributed by atoms with Crippen molar-refractivity contribution in [1.82, 2.24) is 20.3 Å². The Balaban J connectivity index is 1.44. The summed E-state index contributed by atoms with van der Waals surface area (Å²) in [4.78, 5) is 26.5. The molecule has 6 nitrogen and oxygen atoms in total. The van der Waals surface area contributed by atoms with Crippen LogP contribution in [0, 0.1) is 12.7 Å². The van der Waals surface area contributed by atoms with Gasteiger partial charge in [-0.15, -0.1) is 0 Å². The summed E-state index contributed by atoms with van der Waals surface area (Å²) in [6, 6.07) is 4.68. The van der Waals surface area contributed by atoms with Gasteiger partial charge in [0.1, 0.15) is 11.6 Å². The van der Waals surface area contributed by atoms with Gasteiger partial charge in [0.2, 0.25) is 5.91 Å². The van der Waals surface area contributed by atoms with E-state index in [9.17, 15) is 9.18 Å². The van der Waals surface area contributed by atoms with Crippen LogP contribution in [-0.2, 0) is 11.2 Å². The number of aromatic amines is 1. The van der Waals surface area contributed by atoms with Gasteiger partial charge in [0.25, 0.3) is 0 Å². The molecule has 7 heteroatoms. The predicted octanol–water partition coefficient (Wildman–Crippen LogP) is 2.73. The van der Waals surface area contributed by atoms with Gasteiger partial charge in [0.15, 0.2) is 0 Å². The standard InChI is InChI=1S/C20H22FN5O/c1-13-16(17-9-14(21)4-5-18(17)24-13)10-20(27)25-15-3-2-8-26(12-15)19-11-22-6-7-23-19/h4-7,9,11,15,24H,2-3,8,10,12H2,1H3,(H,25,27)/t15-/m0/s1. The molecule has 0 radical (unpaired) electrons. The van der Waals surface area contributed by atoms with Crippen molar-refractivity contribution in [2.75, 3.05) is 18.0 Å². The van der Waals surface area contributed by atoms with E-state index in [0.29, 0.717) is 6.54 Å². The number of anilines is 1. The van der Waals surface area contributed by atoms with Crippen molar-refractivity contribution in [3.8, 4) is 0 Å². The number of amides is 1. The monoisotopic (exact) mass is 367 g/mol. The number of carbonyl (C=O) groups is 1. The highest BCUT2D eigenvalue weighted by molar-refractivity contribution is 5.90. The molecule has 140 valence electrons. The fourth-order valence-electron chi connectivity index (χ4n) is 3.78. The molecule has 3 heterocycles. The van der Waals surface area contributed by atoms with E-state index in [4.69, 9.17) is 0 Å². The van der Waals surface area contributed by atoms with Crippen molar-refractivity contribution in [3.63, 3.8) is 0 Å². The molecule has 0 saturated carbocycles. The number of H-pyrrole nitrogens is 1. The lowest BCUT2D eigenvalue weighted by Gasteiger charge is -2.33. The lowest BCUT2D eigenvalue weighted by Crippen LogP contribution is -2.48. The fraction of sp³-hybridized carbons (Fsp3) is 0.350. The highest BCUT2D eigenvalue weighted by atomic mass is 19.1. The molecular formula is C20H22FN5O. The Hall–Kier alpha value is -2.96. The van der Waals surface area contributed by atoms with Gasteiger partial charge in [-0.1, -0.05) is 0 Å². The summed E-state index contributed by atoms with van der Waals surface area (Å²) in [5.41, 5.74) is 2.60. The molecule has 27 heavy (non-hydrogen) atoms. The topological polar surface area (TPSA) is 73.9 Å². The van der Waals surface area contributed by atoms with Crippen molar-refractivity contribution in [2.24, 2.45) is 0 Å². The molecule has 2 N–H and O–H groups in total. The third-order valence-corrected chi connectivity index (χ3v) is 5.08. The molecule has 3 aromatic rings. The van der Waals surface area contributed by atoms with Crippen LogP contribution >= 0.6 is 0 Å². The highest BCUT2D eigenvalue weighted by Crippen LogP contribution is 2.24. The number of halogens is 1. The Labute approximate surface area is 156 Å². The number of benzene rings is 1. The minimum atomic E-state index is -0.296. The maximum atomic E-state index is 13.6. The van der Waals surface area contributed by atoms with Crippen LogP contribution in [0.5, 0.6) is 0 Å². The van der Waals surface area contributed by atoms with Gasteiger partial charge in [0, 0.05) is 48.1 Å². The van der Waals surface area contributed by atoms with Gasteiger partial charge in [0.05, 0.1) is 12.6 Å². The Morgan fingerprint density at radius 2 is 2.30 bits per heavy atom. The van der Waals surface area contributed by atoms with Crippen LogP contribution < -0.4 is 10.2 Å². The molecule has 0 aliphatic carbocycles. The number of hydrogen-bond donors (Lipinski definition) is 2. The highest BCUT2D eigenvalue weighted by Gasteiger charge is 2.23. The first-order valence-electron chi connectivity index (χ1n) is 9.17. The third kappa shape index (κ3) is 3.77. The summed E-state index contributed by atoms with van der Waals surface area (Å²) in [5, 5.41) is 3.90. The molecule has 4 rings (SSSR count). The zero-order valence-corrected chi connectivity index (χ0v) is 15.2. The largest absolute Gasteiger partial charge is 0.358 e. The number of nitrogens with zero attached hydrogens (tertiary/aromatic N) is 3. The number of nitrogens with one attached hydrogen (secondary N) is 2. The van der Waals surface area contributed by atoms with Gasteiger partial charge in [-0.3, -0.25) is 9.78 Å². The van der Waals surface area contributed by atoms with Gasteiger partial charge in [-0.2, -0.15) is 0 Å². The number of aromatic nitrogens is 3. The van der Waals surface area contributed by atoms with Crippen LogP contribution in [0.2, 0.25) is 0 Å². The Morgan fingerprint density at radius 3 is 3.11 bits per heavy atom.